The number of benzene rings is 2. The van der Waals surface area contributed by atoms with Gasteiger partial charge in [-0.1, -0.05) is 19.1 Å². The van der Waals surface area contributed by atoms with Crippen LogP contribution in [0, 0.1) is 5.82 Å². The standard InChI is InChI=1S/C22H26FN3OS/c1-17-10-11-26(20-4-2-3-5-21(20)28-17)22(27)16-24-12-14-25(15-13-24)19-8-6-18(23)7-9-19/h2-9,17H,10-16H2,1H3/t17-/m1/s1. The van der Waals surface area contributed by atoms with Gasteiger partial charge in [0.1, 0.15) is 5.82 Å². The molecule has 6 heteroatoms. The van der Waals surface area contributed by atoms with Crippen molar-refractivity contribution < 1.29 is 9.18 Å². The average molecular weight is 400 g/mol. The summed E-state index contributed by atoms with van der Waals surface area (Å²) in [5, 5.41) is 0.512. The topological polar surface area (TPSA) is 26.8 Å². The number of carbonyl (C=O) groups excluding carboxylic acids is 1. The van der Waals surface area contributed by atoms with E-state index in [0.717, 1.165) is 50.5 Å². The van der Waals surface area contributed by atoms with Gasteiger partial charge in [-0.25, -0.2) is 4.39 Å². The Morgan fingerprint density at radius 1 is 1.04 bits per heavy atom. The van der Waals surface area contributed by atoms with Crippen molar-refractivity contribution in [2.45, 2.75) is 23.5 Å². The van der Waals surface area contributed by atoms with Gasteiger partial charge in [0.2, 0.25) is 5.91 Å². The van der Waals surface area contributed by atoms with E-state index in [2.05, 4.69) is 28.9 Å². The molecule has 1 atom stereocenters. The van der Waals surface area contributed by atoms with Crippen LogP contribution in [0.5, 0.6) is 0 Å². The SMILES string of the molecule is C[C@@H]1CCN(C(=O)CN2CCN(c3ccc(F)cc3)CC2)c2ccccc2S1. The van der Waals surface area contributed by atoms with Crippen LogP contribution in [0.25, 0.3) is 0 Å². The Bertz CT molecular complexity index is 821. The van der Waals surface area contributed by atoms with Crippen LogP contribution in [0.2, 0.25) is 0 Å². The molecule has 0 saturated carbocycles. The Kier molecular flexibility index (Phi) is 5.87. The molecule has 28 heavy (non-hydrogen) atoms. The minimum absolute atomic E-state index is 0.178. The molecule has 2 aromatic carbocycles. The van der Waals surface area contributed by atoms with E-state index in [1.807, 2.05) is 40.9 Å². The number of carbonyl (C=O) groups is 1. The molecular formula is C22H26FN3OS. The van der Waals surface area contributed by atoms with Gasteiger partial charge < -0.3 is 9.80 Å². The van der Waals surface area contributed by atoms with E-state index in [0.29, 0.717) is 11.8 Å². The van der Waals surface area contributed by atoms with Crippen LogP contribution < -0.4 is 9.80 Å². The predicted octanol–water partition coefficient (Wildman–Crippen LogP) is 3.87. The van der Waals surface area contributed by atoms with Crippen LogP contribution >= 0.6 is 11.8 Å². The van der Waals surface area contributed by atoms with Crippen molar-refractivity contribution in [2.75, 3.05) is 49.1 Å². The number of anilines is 2. The van der Waals surface area contributed by atoms with Gasteiger partial charge in [0, 0.05) is 48.6 Å². The first-order chi connectivity index (χ1) is 13.6. The molecule has 1 amide bonds. The highest BCUT2D eigenvalue weighted by Gasteiger charge is 2.26. The lowest BCUT2D eigenvalue weighted by Gasteiger charge is -2.36. The van der Waals surface area contributed by atoms with Crippen molar-refractivity contribution in [2.24, 2.45) is 0 Å². The van der Waals surface area contributed by atoms with E-state index in [9.17, 15) is 9.18 Å². The molecule has 1 fully saturated rings. The summed E-state index contributed by atoms with van der Waals surface area (Å²) in [7, 11) is 0. The smallest absolute Gasteiger partial charge is 0.241 e. The number of para-hydroxylation sites is 1. The van der Waals surface area contributed by atoms with Gasteiger partial charge in [0.25, 0.3) is 0 Å². The first-order valence-electron chi connectivity index (χ1n) is 9.89. The van der Waals surface area contributed by atoms with Gasteiger partial charge in [-0.2, -0.15) is 0 Å². The summed E-state index contributed by atoms with van der Waals surface area (Å²) in [5.74, 6) is -0.0319. The van der Waals surface area contributed by atoms with Crippen molar-refractivity contribution in [1.29, 1.82) is 0 Å². The molecule has 2 aliphatic heterocycles. The first kappa shape index (κ1) is 19.3. The van der Waals surface area contributed by atoms with E-state index in [-0.39, 0.29) is 11.7 Å². The third kappa shape index (κ3) is 4.33. The number of rotatable bonds is 3. The van der Waals surface area contributed by atoms with Gasteiger partial charge in [0.15, 0.2) is 0 Å². The Morgan fingerprint density at radius 2 is 1.75 bits per heavy atom. The number of amides is 1. The zero-order valence-corrected chi connectivity index (χ0v) is 17.0. The van der Waals surface area contributed by atoms with Crippen LogP contribution in [-0.4, -0.2) is 55.3 Å². The van der Waals surface area contributed by atoms with Crippen molar-refractivity contribution >= 4 is 29.0 Å². The molecule has 2 aromatic rings. The van der Waals surface area contributed by atoms with Crippen LogP contribution in [0.1, 0.15) is 13.3 Å². The number of hydrogen-bond acceptors (Lipinski definition) is 4. The summed E-state index contributed by atoms with van der Waals surface area (Å²) < 4.78 is 13.1. The van der Waals surface area contributed by atoms with Crippen LogP contribution in [0.3, 0.4) is 0 Å². The van der Waals surface area contributed by atoms with Crippen molar-refractivity contribution in [3.05, 3.63) is 54.3 Å². The lowest BCUT2D eigenvalue weighted by atomic mass is 10.2. The van der Waals surface area contributed by atoms with Crippen molar-refractivity contribution in [1.82, 2.24) is 4.90 Å². The molecule has 0 unspecified atom stereocenters. The van der Waals surface area contributed by atoms with E-state index in [1.165, 1.54) is 17.0 Å². The van der Waals surface area contributed by atoms with Gasteiger partial charge in [-0.15, -0.1) is 11.8 Å². The molecule has 2 aliphatic rings. The summed E-state index contributed by atoms with van der Waals surface area (Å²) in [6.45, 7) is 6.83. The third-order valence-corrected chi connectivity index (χ3v) is 6.70. The monoisotopic (exact) mass is 399 g/mol. The molecule has 0 bridgehead atoms. The molecule has 0 N–H and O–H groups in total. The van der Waals surface area contributed by atoms with Gasteiger partial charge in [-0.05, 0) is 42.8 Å². The van der Waals surface area contributed by atoms with Gasteiger partial charge in [-0.3, -0.25) is 9.69 Å². The summed E-state index contributed by atoms with van der Waals surface area (Å²) >= 11 is 1.86. The Morgan fingerprint density at radius 3 is 2.50 bits per heavy atom. The lowest BCUT2D eigenvalue weighted by molar-refractivity contribution is -0.119. The molecule has 0 spiro atoms. The van der Waals surface area contributed by atoms with E-state index >= 15 is 0 Å². The number of fused-ring (bicyclic) bond motifs is 1. The maximum absolute atomic E-state index is 13.1. The van der Waals surface area contributed by atoms with Crippen LogP contribution in [0.4, 0.5) is 15.8 Å². The highest BCUT2D eigenvalue weighted by molar-refractivity contribution is 8.00. The van der Waals surface area contributed by atoms with Crippen molar-refractivity contribution in [3.63, 3.8) is 0 Å². The minimum atomic E-state index is -0.210. The Balaban J connectivity index is 1.37. The predicted molar refractivity (Wildman–Crippen MR) is 114 cm³/mol. The quantitative estimate of drug-likeness (QED) is 0.783. The zero-order chi connectivity index (χ0) is 19.5. The molecule has 0 radical (unpaired) electrons. The van der Waals surface area contributed by atoms with E-state index < -0.39 is 0 Å². The van der Waals surface area contributed by atoms with Crippen LogP contribution in [-0.2, 0) is 4.79 Å². The second kappa shape index (κ2) is 8.53. The summed E-state index contributed by atoms with van der Waals surface area (Å²) in [4.78, 5) is 20.7. The molecule has 0 aliphatic carbocycles. The van der Waals surface area contributed by atoms with E-state index in [4.69, 9.17) is 0 Å². The second-order valence-corrected chi connectivity index (χ2v) is 8.95. The second-order valence-electron chi connectivity index (χ2n) is 7.47. The number of nitrogens with zero attached hydrogens (tertiary/aromatic N) is 3. The van der Waals surface area contributed by atoms with Gasteiger partial charge >= 0.3 is 0 Å². The Labute approximate surface area is 170 Å². The fourth-order valence-electron chi connectivity index (χ4n) is 3.84. The van der Waals surface area contributed by atoms with E-state index in [1.54, 1.807) is 0 Å². The number of hydrogen-bond donors (Lipinski definition) is 0. The minimum Gasteiger partial charge on any atom is -0.369 e. The van der Waals surface area contributed by atoms with Crippen LogP contribution in [0.15, 0.2) is 53.4 Å². The normalized spacial score (nSPS) is 20.6. The molecule has 4 rings (SSSR count). The molecule has 148 valence electrons. The molecule has 0 aromatic heterocycles. The third-order valence-electron chi connectivity index (χ3n) is 5.47. The largest absolute Gasteiger partial charge is 0.369 e. The molecule has 2 heterocycles. The zero-order valence-electron chi connectivity index (χ0n) is 16.2. The summed E-state index contributed by atoms with van der Waals surface area (Å²) in [6, 6.07) is 14.9. The molecule has 1 saturated heterocycles. The Hall–Kier alpha value is -2.05. The lowest BCUT2D eigenvalue weighted by Crippen LogP contribution is -2.50. The average Bonchev–Trinajstić information content (AvgIpc) is 2.87. The summed E-state index contributed by atoms with van der Waals surface area (Å²) in [6.07, 6.45) is 1.00. The highest BCUT2D eigenvalue weighted by atomic mass is 32.2. The van der Waals surface area contributed by atoms with Gasteiger partial charge in [0.05, 0.1) is 12.2 Å². The fraction of sp³-hybridized carbons (Fsp3) is 0.409. The number of thioether (sulfide) groups is 1. The number of halogens is 1. The number of piperazine rings is 1. The summed E-state index contributed by atoms with van der Waals surface area (Å²) in [5.41, 5.74) is 2.09. The highest BCUT2D eigenvalue weighted by Crippen LogP contribution is 2.37. The molecular weight excluding hydrogens is 373 g/mol. The molecule has 4 nitrogen and oxygen atoms in total. The fourth-order valence-corrected chi connectivity index (χ4v) is 4.95. The maximum atomic E-state index is 13.1. The maximum Gasteiger partial charge on any atom is 0.241 e. The first-order valence-corrected chi connectivity index (χ1v) is 10.8. The van der Waals surface area contributed by atoms with Crippen molar-refractivity contribution in [3.8, 4) is 0 Å².